The lowest BCUT2D eigenvalue weighted by atomic mass is 10.3. The standard InChI is InChI=1S/C13H19N3O4S/c1-2-3-9-15(10-7-8-10)21(19,20)12-6-4-5-11(14)13(12)16(17)18/h4-6,10H,2-3,7-9,14H2,1H3. The Morgan fingerprint density at radius 1 is 1.43 bits per heavy atom. The summed E-state index contributed by atoms with van der Waals surface area (Å²) in [5, 5.41) is 11.2. The molecule has 0 radical (unpaired) electrons. The number of para-hydroxylation sites is 1. The Morgan fingerprint density at radius 3 is 2.62 bits per heavy atom. The summed E-state index contributed by atoms with van der Waals surface area (Å²) in [6.07, 6.45) is 3.20. The predicted octanol–water partition coefficient (Wildman–Crippen LogP) is 2.13. The van der Waals surface area contributed by atoms with E-state index < -0.39 is 20.6 Å². The van der Waals surface area contributed by atoms with Crippen molar-refractivity contribution >= 4 is 21.4 Å². The van der Waals surface area contributed by atoms with Crippen LogP contribution in [-0.2, 0) is 10.0 Å². The first-order chi connectivity index (χ1) is 9.89. The first-order valence-corrected chi connectivity index (χ1v) is 8.38. The minimum absolute atomic E-state index is 0.0393. The normalized spacial score (nSPS) is 15.3. The molecule has 0 unspecified atom stereocenters. The molecular formula is C13H19N3O4S. The van der Waals surface area contributed by atoms with Crippen LogP contribution in [0.1, 0.15) is 32.6 Å². The van der Waals surface area contributed by atoms with Gasteiger partial charge in [0.05, 0.1) is 4.92 Å². The van der Waals surface area contributed by atoms with E-state index in [2.05, 4.69) is 0 Å². The molecule has 1 aromatic carbocycles. The number of nitro benzene ring substituents is 1. The summed E-state index contributed by atoms with van der Waals surface area (Å²) < 4.78 is 26.9. The molecule has 1 saturated carbocycles. The molecule has 0 bridgehead atoms. The first-order valence-electron chi connectivity index (χ1n) is 6.94. The number of unbranched alkanes of at least 4 members (excludes halogenated alkanes) is 1. The molecule has 1 fully saturated rings. The highest BCUT2D eigenvalue weighted by molar-refractivity contribution is 7.89. The molecule has 116 valence electrons. The molecule has 0 saturated heterocycles. The minimum Gasteiger partial charge on any atom is -0.393 e. The fourth-order valence-electron chi connectivity index (χ4n) is 2.24. The van der Waals surface area contributed by atoms with E-state index in [1.165, 1.54) is 22.5 Å². The monoisotopic (exact) mass is 313 g/mol. The molecule has 2 N–H and O–H groups in total. The molecule has 0 spiro atoms. The number of sulfonamides is 1. The van der Waals surface area contributed by atoms with Gasteiger partial charge in [0, 0.05) is 12.6 Å². The largest absolute Gasteiger partial charge is 0.393 e. The number of hydrogen-bond acceptors (Lipinski definition) is 5. The van der Waals surface area contributed by atoms with E-state index >= 15 is 0 Å². The molecule has 0 aromatic heterocycles. The maximum atomic E-state index is 12.8. The summed E-state index contributed by atoms with van der Waals surface area (Å²) in [7, 11) is -3.90. The van der Waals surface area contributed by atoms with Gasteiger partial charge in [-0.1, -0.05) is 19.4 Å². The zero-order valence-corrected chi connectivity index (χ0v) is 12.7. The molecule has 2 rings (SSSR count). The Kier molecular flexibility index (Phi) is 4.48. The van der Waals surface area contributed by atoms with Crippen LogP contribution >= 0.6 is 0 Å². The number of nitrogen functional groups attached to an aromatic ring is 1. The summed E-state index contributed by atoms with van der Waals surface area (Å²) in [4.78, 5) is 10.1. The van der Waals surface area contributed by atoms with Gasteiger partial charge in [0.2, 0.25) is 10.0 Å². The lowest BCUT2D eigenvalue weighted by Crippen LogP contribution is -2.34. The molecule has 0 amide bonds. The van der Waals surface area contributed by atoms with Crippen LogP contribution in [0.4, 0.5) is 11.4 Å². The van der Waals surface area contributed by atoms with Crippen molar-refractivity contribution in [3.05, 3.63) is 28.3 Å². The Labute approximate surface area is 123 Å². The van der Waals surface area contributed by atoms with E-state index in [1.807, 2.05) is 6.92 Å². The van der Waals surface area contributed by atoms with Crippen molar-refractivity contribution in [2.75, 3.05) is 12.3 Å². The van der Waals surface area contributed by atoms with Crippen LogP contribution in [0.15, 0.2) is 23.1 Å². The third kappa shape index (κ3) is 3.16. The Morgan fingerprint density at radius 2 is 2.10 bits per heavy atom. The maximum Gasteiger partial charge on any atom is 0.312 e. The van der Waals surface area contributed by atoms with Gasteiger partial charge in [-0.2, -0.15) is 4.31 Å². The number of anilines is 1. The van der Waals surface area contributed by atoms with Gasteiger partial charge < -0.3 is 5.73 Å². The summed E-state index contributed by atoms with van der Waals surface area (Å²) in [6, 6.07) is 3.98. The second kappa shape index (κ2) is 5.98. The molecule has 0 heterocycles. The number of rotatable bonds is 7. The van der Waals surface area contributed by atoms with Gasteiger partial charge >= 0.3 is 5.69 Å². The zero-order valence-electron chi connectivity index (χ0n) is 11.9. The SMILES string of the molecule is CCCCN(C1CC1)S(=O)(=O)c1cccc(N)c1[N+](=O)[O-]. The van der Waals surface area contributed by atoms with E-state index in [-0.39, 0.29) is 16.6 Å². The number of nitrogens with zero attached hydrogens (tertiary/aromatic N) is 2. The van der Waals surface area contributed by atoms with Crippen molar-refractivity contribution in [2.45, 2.75) is 43.5 Å². The Hall–Kier alpha value is -1.67. The molecule has 21 heavy (non-hydrogen) atoms. The van der Waals surface area contributed by atoms with Gasteiger partial charge in [0.15, 0.2) is 4.90 Å². The van der Waals surface area contributed by atoms with Crippen molar-refractivity contribution in [3.63, 3.8) is 0 Å². The lowest BCUT2D eigenvalue weighted by molar-refractivity contribution is -0.386. The first kappa shape index (κ1) is 15.7. The molecule has 0 aliphatic heterocycles. The number of hydrogen-bond donors (Lipinski definition) is 1. The Bertz CT molecular complexity index is 641. The molecule has 1 aromatic rings. The van der Waals surface area contributed by atoms with Gasteiger partial charge in [-0.15, -0.1) is 0 Å². The van der Waals surface area contributed by atoms with Gasteiger partial charge in [0.25, 0.3) is 0 Å². The van der Waals surface area contributed by atoms with Crippen molar-refractivity contribution < 1.29 is 13.3 Å². The Balaban J connectivity index is 2.47. The fourth-order valence-corrected chi connectivity index (χ4v) is 4.16. The maximum absolute atomic E-state index is 12.8. The van der Waals surface area contributed by atoms with E-state index in [0.717, 1.165) is 25.7 Å². The van der Waals surface area contributed by atoms with Crippen LogP contribution in [-0.4, -0.2) is 30.2 Å². The summed E-state index contributed by atoms with van der Waals surface area (Å²) in [5.74, 6) is 0. The van der Waals surface area contributed by atoms with Crippen LogP contribution in [0.25, 0.3) is 0 Å². The van der Waals surface area contributed by atoms with Gasteiger partial charge in [-0.05, 0) is 31.4 Å². The number of nitro groups is 1. The van der Waals surface area contributed by atoms with E-state index in [1.54, 1.807) is 0 Å². The average Bonchev–Trinajstić information content (AvgIpc) is 3.22. The van der Waals surface area contributed by atoms with Crippen molar-refractivity contribution in [1.82, 2.24) is 4.31 Å². The smallest absolute Gasteiger partial charge is 0.312 e. The van der Waals surface area contributed by atoms with Crippen LogP contribution in [0.3, 0.4) is 0 Å². The quantitative estimate of drug-likeness (QED) is 0.471. The number of benzene rings is 1. The van der Waals surface area contributed by atoms with Crippen LogP contribution in [0.2, 0.25) is 0 Å². The summed E-state index contributed by atoms with van der Waals surface area (Å²) in [5.41, 5.74) is 4.93. The second-order valence-corrected chi connectivity index (χ2v) is 7.01. The van der Waals surface area contributed by atoms with Crippen LogP contribution < -0.4 is 5.73 Å². The lowest BCUT2D eigenvalue weighted by Gasteiger charge is -2.21. The summed E-state index contributed by atoms with van der Waals surface area (Å²) in [6.45, 7) is 2.36. The topological polar surface area (TPSA) is 107 Å². The van der Waals surface area contributed by atoms with Crippen LogP contribution in [0.5, 0.6) is 0 Å². The minimum atomic E-state index is -3.90. The molecule has 1 aliphatic rings. The van der Waals surface area contributed by atoms with E-state index in [4.69, 9.17) is 5.73 Å². The average molecular weight is 313 g/mol. The molecule has 1 aliphatic carbocycles. The van der Waals surface area contributed by atoms with E-state index in [9.17, 15) is 18.5 Å². The van der Waals surface area contributed by atoms with Gasteiger partial charge in [0.1, 0.15) is 5.69 Å². The molecule has 7 nitrogen and oxygen atoms in total. The van der Waals surface area contributed by atoms with Gasteiger partial charge in [-0.3, -0.25) is 10.1 Å². The molecule has 8 heteroatoms. The van der Waals surface area contributed by atoms with Crippen molar-refractivity contribution in [1.29, 1.82) is 0 Å². The van der Waals surface area contributed by atoms with Crippen LogP contribution in [0, 0.1) is 10.1 Å². The highest BCUT2D eigenvalue weighted by Crippen LogP contribution is 2.37. The summed E-state index contributed by atoms with van der Waals surface area (Å²) >= 11 is 0. The third-order valence-electron chi connectivity index (χ3n) is 3.49. The number of nitrogens with two attached hydrogens (primary N) is 1. The van der Waals surface area contributed by atoms with Crippen molar-refractivity contribution in [2.24, 2.45) is 0 Å². The predicted molar refractivity (Wildman–Crippen MR) is 79.3 cm³/mol. The highest BCUT2D eigenvalue weighted by Gasteiger charge is 2.40. The second-order valence-electron chi connectivity index (χ2n) is 5.15. The van der Waals surface area contributed by atoms with Crippen molar-refractivity contribution in [3.8, 4) is 0 Å². The zero-order chi connectivity index (χ0) is 15.6. The van der Waals surface area contributed by atoms with E-state index in [0.29, 0.717) is 6.54 Å². The molecule has 0 atom stereocenters. The third-order valence-corrected chi connectivity index (χ3v) is 5.47. The molecular weight excluding hydrogens is 294 g/mol. The van der Waals surface area contributed by atoms with Gasteiger partial charge in [-0.25, -0.2) is 8.42 Å². The fraction of sp³-hybridized carbons (Fsp3) is 0.538. The highest BCUT2D eigenvalue weighted by atomic mass is 32.2.